The van der Waals surface area contributed by atoms with Crippen LogP contribution in [-0.4, -0.2) is 313 Å². The van der Waals surface area contributed by atoms with Gasteiger partial charge >= 0.3 is 0 Å². The van der Waals surface area contributed by atoms with Crippen LogP contribution in [0.5, 0.6) is 0 Å². The van der Waals surface area contributed by atoms with Crippen molar-refractivity contribution in [1.82, 2.24) is 63.8 Å². The van der Waals surface area contributed by atoms with Gasteiger partial charge < -0.3 is 139 Å². The van der Waals surface area contributed by atoms with E-state index in [0.717, 1.165) is 233 Å². The predicted molar refractivity (Wildman–Crippen MR) is 554 cm³/mol. The quantitative estimate of drug-likeness (QED) is 0.0153. The normalized spacial score (nSPS) is 20.9. The monoisotopic (exact) mass is 1930 g/mol. The lowest BCUT2D eigenvalue weighted by Gasteiger charge is -2.66. The highest BCUT2D eigenvalue weighted by molar-refractivity contribution is 5.87. The summed E-state index contributed by atoms with van der Waals surface area (Å²) in [4.78, 5) is 39.7. The van der Waals surface area contributed by atoms with E-state index in [2.05, 4.69) is 102 Å². The molecule has 0 aromatic rings. The van der Waals surface area contributed by atoms with Gasteiger partial charge in [0.1, 0.15) is 50.9 Å². The summed E-state index contributed by atoms with van der Waals surface area (Å²) in [7, 11) is 0. The minimum atomic E-state index is -2.27. The smallest absolute Gasteiger partial charge is 0.242 e. The molecular weight excluding hydrogens is 1710 g/mol. The molecule has 0 aliphatic carbocycles. The van der Waals surface area contributed by atoms with Gasteiger partial charge in [-0.05, 0) is 362 Å². The Morgan fingerprint density at radius 1 is 0.400 bits per heavy atom. The number of hydrogen-bond donors (Lipinski definition) is 20. The van der Waals surface area contributed by atoms with E-state index < -0.39 is 81.6 Å². The van der Waals surface area contributed by atoms with E-state index in [4.69, 9.17) is 44.6 Å². The molecule has 135 heavy (non-hydrogen) atoms. The van der Waals surface area contributed by atoms with E-state index in [1.807, 2.05) is 27.7 Å². The molecule has 0 aromatic heterocycles. The predicted octanol–water partition coefficient (Wildman–Crippen LogP) is 11.5. The largest absolute Gasteiger partial charge is 0.393 e. The third kappa shape index (κ3) is 61.0. The number of hydrogen-bond acceptors (Lipinski definition) is 27. The van der Waals surface area contributed by atoms with E-state index in [0.29, 0.717) is 78.0 Å². The second-order valence-corrected chi connectivity index (χ2v) is 41.4. The van der Waals surface area contributed by atoms with Crippen molar-refractivity contribution >= 4 is 17.7 Å². The molecule has 0 spiro atoms. The van der Waals surface area contributed by atoms with Gasteiger partial charge in [0, 0.05) is 45.1 Å². The number of carbonyl (C=O) groups excluding carboxylic acids is 3. The van der Waals surface area contributed by atoms with Gasteiger partial charge in [-0.15, -0.1) is 0 Å². The summed E-state index contributed by atoms with van der Waals surface area (Å²) < 4.78 is 46.7. The number of rotatable bonds is 98. The van der Waals surface area contributed by atoms with Gasteiger partial charge in [-0.3, -0.25) is 14.4 Å². The number of nitrogens with one attached hydrogen (secondary N) is 12. The molecule has 1 heterocycles. The van der Waals surface area contributed by atoms with Gasteiger partial charge in [0.05, 0.1) is 64.6 Å². The summed E-state index contributed by atoms with van der Waals surface area (Å²) in [6.45, 7) is 40.6. The first-order valence-electron chi connectivity index (χ1n) is 54.1. The molecule has 7 unspecified atom stereocenters. The molecule has 30 nitrogen and oxygen atoms in total. The number of amides is 3. The Bertz CT molecular complexity index is 2900. The lowest BCUT2D eigenvalue weighted by atomic mass is 9.58. The van der Waals surface area contributed by atoms with Crippen LogP contribution in [0.1, 0.15) is 367 Å². The molecule has 1 fully saturated rings. The molecule has 1 aliphatic heterocycles. The highest BCUT2D eigenvalue weighted by Crippen LogP contribution is 2.54. The topological polar surface area (TPSA) is 434 Å². The van der Waals surface area contributed by atoms with E-state index >= 15 is 0 Å². The Morgan fingerprint density at radius 2 is 0.778 bits per heavy atom. The van der Waals surface area contributed by atoms with Crippen molar-refractivity contribution in [3.63, 3.8) is 0 Å². The van der Waals surface area contributed by atoms with Crippen LogP contribution in [0, 0.1) is 0 Å². The molecule has 3 amide bonds. The highest BCUT2D eigenvalue weighted by atomic mass is 16.7. The molecule has 0 aromatic carbocycles. The Labute approximate surface area is 823 Å². The van der Waals surface area contributed by atoms with E-state index in [-0.39, 0.29) is 69.9 Å². The number of carbonyl (C=O) groups is 3. The first-order valence-corrected chi connectivity index (χ1v) is 54.1. The zero-order valence-electron chi connectivity index (χ0n) is 89.0. The van der Waals surface area contributed by atoms with Crippen LogP contribution >= 0.6 is 0 Å². The van der Waals surface area contributed by atoms with Gasteiger partial charge in [-0.1, -0.05) is 128 Å². The lowest BCUT2D eigenvalue weighted by Crippen LogP contribution is -2.85. The van der Waals surface area contributed by atoms with Crippen LogP contribution in [-0.2, 0) is 47.5 Å². The standard InChI is InChI=1S/C105H214N14O16/c1-16-18-20-22-24-26-28-30-32-34-36-38-40-42-59-93(123)117-77-45-44-58-92(119-94(124)60-43-41-39-37-35-33-31-29-27-25-23-21-19-17-2)95(125)118-79-57-74-113-68-51-50-67-112-73-56-78-116-91(4)99(9,131-80-90(3)122)87-129-86-98(8,82-115-76-55-72-111-66-49-47-64-109-70-53-62-107)134-102(12,84-121)132-89-101(11)104(14,127)105(15,128)103(13,126)100(10,135-101)88-130-85-97(7,133-96(5,6)83-120)81-114-75-54-71-110-65-48-46-63-108-69-52-61-106/h30-33,90-92,108-116,120-122,126-128H,16-29,34-89,106-107H2,1-15H3,(H,117,123)(H,118,125)(H,119,124)/t90?,91?,92?,97?,98?,99-,100-,101?,102+,103?,104+,105-/m1/s1. The van der Waals surface area contributed by atoms with Gasteiger partial charge in [0.25, 0.3) is 0 Å². The summed E-state index contributed by atoms with van der Waals surface area (Å²) in [6.07, 6.45) is 51.5. The molecule has 0 saturated carbocycles. The third-order valence-electron chi connectivity index (χ3n) is 26.8. The van der Waals surface area contributed by atoms with E-state index in [9.17, 15) is 45.0 Å². The average molecular weight is 1930 g/mol. The maximum Gasteiger partial charge on any atom is 0.242 e. The van der Waals surface area contributed by atoms with Crippen molar-refractivity contribution in [1.29, 1.82) is 0 Å². The van der Waals surface area contributed by atoms with Crippen LogP contribution in [0.15, 0.2) is 24.3 Å². The number of unbranched alkanes of at least 4 members (excludes halogenated alkanes) is 24. The number of aliphatic hydroxyl groups excluding tert-OH is 3. The van der Waals surface area contributed by atoms with Crippen LogP contribution in [0.3, 0.4) is 0 Å². The summed E-state index contributed by atoms with van der Waals surface area (Å²) in [5.74, 6) is -1.93. The van der Waals surface area contributed by atoms with Gasteiger partial charge in [0.15, 0.2) is 5.79 Å². The van der Waals surface area contributed by atoms with Crippen LogP contribution in [0.2, 0.25) is 0 Å². The lowest BCUT2D eigenvalue weighted by molar-refractivity contribution is -0.418. The fourth-order valence-corrected chi connectivity index (χ4v) is 17.0. The zero-order chi connectivity index (χ0) is 100. The molecule has 800 valence electrons. The number of ether oxygens (including phenoxy) is 7. The summed E-state index contributed by atoms with van der Waals surface area (Å²) in [5, 5.41) is 111. The minimum Gasteiger partial charge on any atom is -0.393 e. The molecule has 0 radical (unpaired) electrons. The molecular formula is C105H214N14O16. The molecule has 1 rings (SSSR count). The number of aliphatic hydroxyl groups is 6. The first-order chi connectivity index (χ1) is 64.5. The number of nitrogens with two attached hydrogens (primary N) is 2. The van der Waals surface area contributed by atoms with Crippen LogP contribution in [0.4, 0.5) is 0 Å². The molecule has 12 atom stereocenters. The van der Waals surface area contributed by atoms with Crippen molar-refractivity contribution in [3.05, 3.63) is 24.3 Å². The molecule has 30 heteroatoms. The van der Waals surface area contributed by atoms with E-state index in [1.165, 1.54) is 104 Å². The molecule has 1 saturated heterocycles. The Kier molecular flexibility index (Phi) is 75.4. The Morgan fingerprint density at radius 3 is 1.22 bits per heavy atom. The molecule has 0 bridgehead atoms. The fourth-order valence-electron chi connectivity index (χ4n) is 17.0. The summed E-state index contributed by atoms with van der Waals surface area (Å²) >= 11 is 0. The van der Waals surface area contributed by atoms with E-state index in [1.54, 1.807) is 41.5 Å². The van der Waals surface area contributed by atoms with Crippen molar-refractivity contribution in [3.8, 4) is 0 Å². The number of allylic oxidation sites excluding steroid dienone is 4. The molecule has 1 aliphatic rings. The van der Waals surface area contributed by atoms with Crippen LogP contribution in [0.25, 0.3) is 0 Å². The average Bonchev–Trinajstić information content (AvgIpc) is 0.686. The Hall–Kier alpha value is -3.07. The zero-order valence-corrected chi connectivity index (χ0v) is 89.0. The van der Waals surface area contributed by atoms with Crippen molar-refractivity contribution in [2.45, 2.75) is 441 Å². The highest BCUT2D eigenvalue weighted by Gasteiger charge is 2.74. The Balaban J connectivity index is 3.03. The second-order valence-electron chi connectivity index (χ2n) is 41.4. The first kappa shape index (κ1) is 130. The maximum atomic E-state index is 13.7. The second kappa shape index (κ2) is 78.4. The van der Waals surface area contributed by atoms with Crippen LogP contribution < -0.4 is 75.3 Å². The van der Waals surface area contributed by atoms with Crippen molar-refractivity contribution in [2.75, 3.05) is 190 Å². The fraction of sp³-hybridized carbons (Fsp3) is 0.933. The van der Waals surface area contributed by atoms with Crippen molar-refractivity contribution < 1.29 is 78.2 Å². The van der Waals surface area contributed by atoms with Gasteiger partial charge in [-0.25, -0.2) is 0 Å². The van der Waals surface area contributed by atoms with Crippen molar-refractivity contribution in [2.24, 2.45) is 11.5 Å². The van der Waals surface area contributed by atoms with Gasteiger partial charge in [-0.2, -0.15) is 0 Å². The summed E-state index contributed by atoms with van der Waals surface area (Å²) in [5.41, 5.74) is -2.88. The minimum absolute atomic E-state index is 0.00208. The maximum absolute atomic E-state index is 13.7. The SMILES string of the molecule is CCCCCCCCC=CCCCCCCC(=O)NCCCCC(NC(=O)CCCCCCC=CCCCCCCCC)C(=O)NCCCNCCCCNCCCNC(C)[C@@](C)(COCC(C)(CNCCCNCCCCNCCCN)O[C@@](C)(CO)OCC1(C)O[C@](C)(COCC(C)(CNCCCNCCCCNCCCN)OC(C)(C)CO)C(C)(O)[C@@](C)(O)[C@@]1(C)O)OCC(C)O. The molecule has 22 N–H and O–H groups in total. The summed E-state index contributed by atoms with van der Waals surface area (Å²) in [6, 6.07) is -0.861. The van der Waals surface area contributed by atoms with Gasteiger partial charge in [0.2, 0.25) is 17.7 Å². The third-order valence-corrected chi connectivity index (χ3v) is 26.8.